The third-order valence-electron chi connectivity index (χ3n) is 1.77. The smallest absolute Gasteiger partial charge is 0.228 e. The highest BCUT2D eigenvalue weighted by Gasteiger charge is 2.18. The maximum absolute atomic E-state index is 12.9. The Labute approximate surface area is 82.3 Å². The van der Waals surface area contributed by atoms with Gasteiger partial charge in [0, 0.05) is 9.26 Å². The van der Waals surface area contributed by atoms with Gasteiger partial charge in [-0.15, -0.1) is 0 Å². The summed E-state index contributed by atoms with van der Waals surface area (Å²) in [5, 5.41) is 2.58. The van der Waals surface area contributed by atoms with Gasteiger partial charge in [0.25, 0.3) is 0 Å². The van der Waals surface area contributed by atoms with Crippen LogP contribution in [0.4, 0.5) is 10.1 Å². The molecule has 0 saturated carbocycles. The lowest BCUT2D eigenvalue weighted by molar-refractivity contribution is -0.115. The summed E-state index contributed by atoms with van der Waals surface area (Å²) >= 11 is 1.91. The van der Waals surface area contributed by atoms with Crippen LogP contribution in [0.1, 0.15) is 5.56 Å². The molecular weight excluding hydrogens is 272 g/mol. The first-order valence-electron chi connectivity index (χ1n) is 3.44. The molecule has 1 N–H and O–H groups in total. The molecule has 12 heavy (non-hydrogen) atoms. The van der Waals surface area contributed by atoms with Crippen molar-refractivity contribution in [3.63, 3.8) is 0 Å². The number of carbonyl (C=O) groups is 1. The average molecular weight is 277 g/mol. The second-order valence-electron chi connectivity index (χ2n) is 2.65. The molecule has 1 amide bonds. The van der Waals surface area contributed by atoms with Crippen molar-refractivity contribution in [1.29, 1.82) is 0 Å². The highest BCUT2D eigenvalue weighted by molar-refractivity contribution is 14.1. The van der Waals surface area contributed by atoms with Gasteiger partial charge in [0.05, 0.1) is 6.42 Å². The van der Waals surface area contributed by atoms with Crippen molar-refractivity contribution in [1.82, 2.24) is 0 Å². The molecule has 1 aromatic carbocycles. The number of hydrogen-bond donors (Lipinski definition) is 1. The molecule has 0 saturated heterocycles. The van der Waals surface area contributed by atoms with Gasteiger partial charge in [0.2, 0.25) is 5.91 Å². The SMILES string of the molecule is O=C1Cc2cc(I)c(F)cc2N1. The molecule has 2 rings (SSSR count). The Bertz CT molecular complexity index is 331. The van der Waals surface area contributed by atoms with E-state index in [1.165, 1.54) is 6.07 Å². The quantitative estimate of drug-likeness (QED) is 0.721. The number of carbonyl (C=O) groups excluding carboxylic acids is 1. The van der Waals surface area contributed by atoms with Gasteiger partial charge in [0.1, 0.15) is 5.82 Å². The summed E-state index contributed by atoms with van der Waals surface area (Å²) in [4.78, 5) is 10.9. The van der Waals surface area contributed by atoms with Crippen molar-refractivity contribution in [3.8, 4) is 0 Å². The molecule has 0 unspecified atom stereocenters. The summed E-state index contributed by atoms with van der Waals surface area (Å²) < 4.78 is 13.5. The number of halogens is 2. The van der Waals surface area contributed by atoms with Crippen LogP contribution in [0.2, 0.25) is 0 Å². The Hall–Kier alpha value is -0.650. The van der Waals surface area contributed by atoms with E-state index in [2.05, 4.69) is 5.32 Å². The van der Waals surface area contributed by atoms with E-state index in [1.54, 1.807) is 6.07 Å². The van der Waals surface area contributed by atoms with E-state index in [4.69, 9.17) is 0 Å². The summed E-state index contributed by atoms with van der Waals surface area (Å²) in [7, 11) is 0. The maximum Gasteiger partial charge on any atom is 0.228 e. The molecule has 1 aliphatic heterocycles. The van der Waals surface area contributed by atoms with E-state index in [-0.39, 0.29) is 11.7 Å². The minimum atomic E-state index is -0.281. The molecule has 1 aromatic rings. The number of fused-ring (bicyclic) bond motifs is 1. The lowest BCUT2D eigenvalue weighted by atomic mass is 10.2. The molecule has 0 aromatic heterocycles. The standard InChI is InChI=1S/C8H5FINO/c9-5-3-7-4(1-6(5)10)2-8(12)11-7/h1,3H,2H2,(H,11,12). The molecule has 2 nitrogen and oxygen atoms in total. The van der Waals surface area contributed by atoms with Crippen LogP contribution in [0.25, 0.3) is 0 Å². The van der Waals surface area contributed by atoms with Crippen molar-refractivity contribution in [3.05, 3.63) is 27.1 Å². The zero-order chi connectivity index (χ0) is 8.72. The van der Waals surface area contributed by atoms with E-state index in [0.29, 0.717) is 15.7 Å². The predicted molar refractivity (Wildman–Crippen MR) is 51.5 cm³/mol. The molecule has 0 spiro atoms. The third-order valence-corrected chi connectivity index (χ3v) is 2.60. The van der Waals surface area contributed by atoms with Crippen LogP contribution in [-0.2, 0) is 11.2 Å². The van der Waals surface area contributed by atoms with Gasteiger partial charge in [-0.2, -0.15) is 0 Å². The van der Waals surface area contributed by atoms with Gasteiger partial charge < -0.3 is 5.32 Å². The lowest BCUT2D eigenvalue weighted by Crippen LogP contribution is -2.03. The Morgan fingerprint density at radius 1 is 1.50 bits per heavy atom. The highest BCUT2D eigenvalue weighted by Crippen LogP contribution is 2.26. The molecule has 1 heterocycles. The third kappa shape index (κ3) is 1.20. The van der Waals surface area contributed by atoms with Crippen LogP contribution in [-0.4, -0.2) is 5.91 Å². The topological polar surface area (TPSA) is 29.1 Å². The van der Waals surface area contributed by atoms with Crippen LogP contribution in [0.15, 0.2) is 12.1 Å². The molecule has 62 valence electrons. The minimum absolute atomic E-state index is 0.0635. The second-order valence-corrected chi connectivity index (χ2v) is 3.81. The van der Waals surface area contributed by atoms with Crippen LogP contribution in [0.5, 0.6) is 0 Å². The zero-order valence-electron chi connectivity index (χ0n) is 6.03. The van der Waals surface area contributed by atoms with E-state index in [0.717, 1.165) is 5.56 Å². The number of rotatable bonds is 0. The minimum Gasteiger partial charge on any atom is -0.325 e. The van der Waals surface area contributed by atoms with Crippen molar-refractivity contribution in [2.24, 2.45) is 0 Å². The average Bonchev–Trinajstić information content (AvgIpc) is 2.30. The summed E-state index contributed by atoms with van der Waals surface area (Å²) in [5.41, 5.74) is 1.49. The van der Waals surface area contributed by atoms with Crippen molar-refractivity contribution >= 4 is 34.2 Å². The van der Waals surface area contributed by atoms with Gasteiger partial charge in [-0.3, -0.25) is 4.79 Å². The fourth-order valence-electron chi connectivity index (χ4n) is 1.22. The van der Waals surface area contributed by atoms with E-state index >= 15 is 0 Å². The van der Waals surface area contributed by atoms with E-state index in [9.17, 15) is 9.18 Å². The van der Waals surface area contributed by atoms with Gasteiger partial charge in [0.15, 0.2) is 0 Å². The highest BCUT2D eigenvalue weighted by atomic mass is 127. The summed E-state index contributed by atoms with van der Waals surface area (Å²) in [6, 6.07) is 3.06. The molecular formula is C8H5FINO. The van der Waals surface area contributed by atoms with Crippen LogP contribution in [0, 0.1) is 9.39 Å². The number of anilines is 1. The normalized spacial score (nSPS) is 14.3. The second kappa shape index (κ2) is 2.69. The first-order chi connectivity index (χ1) is 5.66. The van der Waals surface area contributed by atoms with Gasteiger partial charge >= 0.3 is 0 Å². The first kappa shape index (κ1) is 7.97. The van der Waals surface area contributed by atoms with Crippen molar-refractivity contribution in [2.75, 3.05) is 5.32 Å². The number of hydrogen-bond acceptors (Lipinski definition) is 1. The summed E-state index contributed by atoms with van der Waals surface area (Å²) in [5.74, 6) is -0.344. The fourth-order valence-corrected chi connectivity index (χ4v) is 1.75. The number of benzene rings is 1. The lowest BCUT2D eigenvalue weighted by Gasteiger charge is -1.99. The Morgan fingerprint density at radius 3 is 3.00 bits per heavy atom. The molecule has 0 bridgehead atoms. The van der Waals surface area contributed by atoms with Crippen molar-refractivity contribution in [2.45, 2.75) is 6.42 Å². The van der Waals surface area contributed by atoms with Crippen molar-refractivity contribution < 1.29 is 9.18 Å². The molecule has 0 fully saturated rings. The van der Waals surface area contributed by atoms with Crippen LogP contribution in [0.3, 0.4) is 0 Å². The Balaban J connectivity index is 2.55. The van der Waals surface area contributed by atoms with E-state index in [1.807, 2.05) is 22.6 Å². The monoisotopic (exact) mass is 277 g/mol. The molecule has 1 aliphatic rings. The van der Waals surface area contributed by atoms with E-state index < -0.39 is 0 Å². The summed E-state index contributed by atoms with van der Waals surface area (Å²) in [6.45, 7) is 0. The maximum atomic E-state index is 12.9. The number of nitrogens with one attached hydrogen (secondary N) is 1. The van der Waals surface area contributed by atoms with Gasteiger partial charge in [-0.05, 0) is 40.3 Å². The van der Waals surface area contributed by atoms with Gasteiger partial charge in [-0.1, -0.05) is 0 Å². The fraction of sp³-hybridized carbons (Fsp3) is 0.125. The molecule has 0 aliphatic carbocycles. The van der Waals surface area contributed by atoms with Crippen LogP contribution < -0.4 is 5.32 Å². The Morgan fingerprint density at radius 2 is 2.25 bits per heavy atom. The predicted octanol–water partition coefficient (Wildman–Crippen LogP) is 1.92. The Kier molecular flexibility index (Phi) is 1.79. The first-order valence-corrected chi connectivity index (χ1v) is 4.52. The molecule has 0 atom stereocenters. The molecule has 0 radical (unpaired) electrons. The molecule has 4 heteroatoms. The largest absolute Gasteiger partial charge is 0.325 e. The summed E-state index contributed by atoms with van der Waals surface area (Å²) in [6.07, 6.45) is 0.367. The van der Waals surface area contributed by atoms with Gasteiger partial charge in [-0.25, -0.2) is 4.39 Å². The number of amides is 1. The van der Waals surface area contributed by atoms with Crippen LogP contribution >= 0.6 is 22.6 Å². The zero-order valence-corrected chi connectivity index (χ0v) is 8.18.